The number of aromatic nitrogens is 1. The number of nitrogens with one attached hydrogen (secondary N) is 3. The summed E-state index contributed by atoms with van der Waals surface area (Å²) in [5.41, 5.74) is 0.0515. The van der Waals surface area contributed by atoms with Gasteiger partial charge in [-0.05, 0) is 76.8 Å². The number of halogens is 1. The quantitative estimate of drug-likeness (QED) is 0.327. The van der Waals surface area contributed by atoms with E-state index in [2.05, 4.69) is 20.9 Å². The third-order valence-corrected chi connectivity index (χ3v) is 6.57. The second kappa shape index (κ2) is 12.0. The van der Waals surface area contributed by atoms with Crippen LogP contribution in [-0.4, -0.2) is 47.6 Å². The van der Waals surface area contributed by atoms with Gasteiger partial charge in [0.1, 0.15) is 22.7 Å². The Morgan fingerprint density at radius 3 is 2.38 bits per heavy atom. The molecular formula is C28H31ClN4O7. The normalized spacial score (nSPS) is 17.1. The molecule has 212 valence electrons. The first-order valence-electron chi connectivity index (χ1n) is 12.8. The van der Waals surface area contributed by atoms with E-state index in [9.17, 15) is 19.2 Å². The predicted octanol–water partition coefficient (Wildman–Crippen LogP) is 5.54. The molecule has 1 saturated carbocycles. The molecule has 40 heavy (non-hydrogen) atoms. The van der Waals surface area contributed by atoms with Gasteiger partial charge in [0.2, 0.25) is 11.7 Å². The molecule has 3 amide bonds. The molecule has 3 N–H and O–H groups in total. The molecule has 0 atom stereocenters. The van der Waals surface area contributed by atoms with Crippen molar-refractivity contribution in [3.05, 3.63) is 52.9 Å². The van der Waals surface area contributed by atoms with Gasteiger partial charge in [-0.15, -0.1) is 0 Å². The summed E-state index contributed by atoms with van der Waals surface area (Å²) in [7, 11) is 1.26. The third-order valence-electron chi connectivity index (χ3n) is 6.35. The molecule has 2 heterocycles. The fraction of sp³-hybridized carbons (Fsp3) is 0.393. The van der Waals surface area contributed by atoms with Gasteiger partial charge in [-0.2, -0.15) is 0 Å². The lowest BCUT2D eigenvalue weighted by molar-refractivity contribution is -0.120. The van der Waals surface area contributed by atoms with Gasteiger partial charge in [-0.25, -0.2) is 14.6 Å². The first-order valence-corrected chi connectivity index (χ1v) is 13.2. The lowest BCUT2D eigenvalue weighted by atomic mass is 9.85. The third kappa shape index (κ3) is 7.09. The minimum absolute atomic E-state index is 0.107. The number of hydrogen-bond donors (Lipinski definition) is 3. The zero-order chi connectivity index (χ0) is 29.0. The van der Waals surface area contributed by atoms with Crippen LogP contribution in [0.25, 0.3) is 11.0 Å². The van der Waals surface area contributed by atoms with E-state index in [-0.39, 0.29) is 40.7 Å². The highest BCUT2D eigenvalue weighted by Gasteiger charge is 2.31. The molecular weight excluding hydrogens is 540 g/mol. The van der Waals surface area contributed by atoms with Crippen LogP contribution in [0.4, 0.5) is 16.3 Å². The van der Waals surface area contributed by atoms with Gasteiger partial charge in [-0.1, -0.05) is 11.6 Å². The van der Waals surface area contributed by atoms with Gasteiger partial charge in [0, 0.05) is 23.5 Å². The lowest BCUT2D eigenvalue weighted by Crippen LogP contribution is -2.42. The van der Waals surface area contributed by atoms with Gasteiger partial charge >= 0.3 is 12.1 Å². The molecule has 11 nitrogen and oxygen atoms in total. The zero-order valence-electron chi connectivity index (χ0n) is 22.6. The molecule has 1 fully saturated rings. The van der Waals surface area contributed by atoms with Crippen molar-refractivity contribution in [3.8, 4) is 0 Å². The number of furan rings is 1. The second-order valence-corrected chi connectivity index (χ2v) is 10.9. The number of anilines is 2. The summed E-state index contributed by atoms with van der Waals surface area (Å²) in [6, 6.07) is 7.53. The Bertz CT molecular complexity index is 1420. The van der Waals surface area contributed by atoms with Crippen LogP contribution in [0.1, 0.15) is 67.4 Å². The predicted molar refractivity (Wildman–Crippen MR) is 148 cm³/mol. The molecule has 1 aliphatic rings. The van der Waals surface area contributed by atoms with Crippen molar-refractivity contribution in [1.82, 2.24) is 10.3 Å². The van der Waals surface area contributed by atoms with E-state index in [1.165, 1.54) is 37.6 Å². The first kappa shape index (κ1) is 28.9. The number of carbonyl (C=O) groups excluding carboxylic acids is 4. The van der Waals surface area contributed by atoms with Gasteiger partial charge in [-0.3, -0.25) is 9.59 Å². The molecule has 0 radical (unpaired) electrons. The number of nitrogens with zero attached hydrogens (tertiary/aromatic N) is 1. The summed E-state index contributed by atoms with van der Waals surface area (Å²) in [6.45, 7) is 5.38. The summed E-state index contributed by atoms with van der Waals surface area (Å²) in [5.74, 6) is -1.81. The van der Waals surface area contributed by atoms with E-state index >= 15 is 0 Å². The average Bonchev–Trinajstić information content (AvgIpc) is 3.26. The summed E-state index contributed by atoms with van der Waals surface area (Å²) in [4.78, 5) is 54.9. The number of amides is 3. The van der Waals surface area contributed by atoms with Crippen molar-refractivity contribution in [1.29, 1.82) is 0 Å². The lowest BCUT2D eigenvalue weighted by Gasteiger charge is -2.29. The standard InChI is InChI=1S/C28H31ClN4O7/c1-28(2,3)40-27(37)31-18-9-5-15(6-10-18)24(34)33-22-19-13-16(26(36)38-4)7-11-20(19)39-23(22)25(35)32-21-12-8-17(29)14-30-21/h7-8,11-15,18H,5-6,9-10H2,1-4H3,(H,31,37)(H,33,34)(H,30,32,35). The maximum Gasteiger partial charge on any atom is 0.407 e. The molecule has 0 bridgehead atoms. The molecule has 0 aliphatic heterocycles. The highest BCUT2D eigenvalue weighted by Crippen LogP contribution is 2.34. The van der Waals surface area contributed by atoms with E-state index in [4.69, 9.17) is 25.5 Å². The molecule has 3 aromatic rings. The van der Waals surface area contributed by atoms with Gasteiger partial charge < -0.3 is 29.8 Å². The van der Waals surface area contributed by atoms with Crippen LogP contribution in [0.3, 0.4) is 0 Å². The van der Waals surface area contributed by atoms with Crippen LogP contribution in [0.5, 0.6) is 0 Å². The van der Waals surface area contributed by atoms with Gasteiger partial charge in [0.05, 0.1) is 17.7 Å². The van der Waals surface area contributed by atoms with Crippen molar-refractivity contribution >= 4 is 58.0 Å². The van der Waals surface area contributed by atoms with Crippen molar-refractivity contribution in [2.45, 2.75) is 58.1 Å². The molecule has 2 aromatic heterocycles. The minimum Gasteiger partial charge on any atom is -0.465 e. The summed E-state index contributed by atoms with van der Waals surface area (Å²) < 4.78 is 16.0. The Kier molecular flexibility index (Phi) is 8.63. The fourth-order valence-electron chi connectivity index (χ4n) is 4.45. The summed E-state index contributed by atoms with van der Waals surface area (Å²) in [5, 5.41) is 9.11. The average molecular weight is 571 g/mol. The molecule has 4 rings (SSSR count). The number of benzene rings is 1. The minimum atomic E-state index is -0.647. The Morgan fingerprint density at radius 1 is 1.02 bits per heavy atom. The second-order valence-electron chi connectivity index (χ2n) is 10.5. The number of methoxy groups -OCH3 is 1. The van der Waals surface area contributed by atoms with Crippen molar-refractivity contribution in [2.75, 3.05) is 17.7 Å². The Morgan fingerprint density at radius 2 is 1.75 bits per heavy atom. The monoisotopic (exact) mass is 570 g/mol. The highest BCUT2D eigenvalue weighted by atomic mass is 35.5. The van der Waals surface area contributed by atoms with Crippen LogP contribution in [0, 0.1) is 5.92 Å². The van der Waals surface area contributed by atoms with E-state index in [1.807, 2.05) is 0 Å². The SMILES string of the molecule is COC(=O)c1ccc2oc(C(=O)Nc3ccc(Cl)cn3)c(NC(=O)C3CCC(NC(=O)OC(C)(C)C)CC3)c2c1. The molecule has 12 heteroatoms. The number of hydrogen-bond acceptors (Lipinski definition) is 8. The number of carbonyl (C=O) groups is 4. The number of esters is 1. The Labute approximate surface area is 235 Å². The van der Waals surface area contributed by atoms with E-state index < -0.39 is 23.6 Å². The van der Waals surface area contributed by atoms with Crippen molar-refractivity contribution < 1.29 is 33.1 Å². The topological polar surface area (TPSA) is 149 Å². The van der Waals surface area contributed by atoms with Crippen LogP contribution >= 0.6 is 11.6 Å². The molecule has 0 saturated heterocycles. The number of rotatable bonds is 6. The molecule has 1 aliphatic carbocycles. The zero-order valence-corrected chi connectivity index (χ0v) is 23.4. The molecule has 0 spiro atoms. The summed E-state index contributed by atoms with van der Waals surface area (Å²) in [6.07, 6.45) is 3.11. The molecule has 1 aromatic carbocycles. The maximum absolute atomic E-state index is 13.4. The van der Waals surface area contributed by atoms with Gasteiger partial charge in [0.25, 0.3) is 5.91 Å². The first-order chi connectivity index (χ1) is 18.9. The van der Waals surface area contributed by atoms with Gasteiger partial charge in [0.15, 0.2) is 0 Å². The molecule has 0 unspecified atom stereocenters. The maximum atomic E-state index is 13.4. The number of alkyl carbamates (subject to hydrolysis) is 1. The highest BCUT2D eigenvalue weighted by molar-refractivity contribution is 6.30. The van der Waals surface area contributed by atoms with E-state index in [0.29, 0.717) is 41.7 Å². The van der Waals surface area contributed by atoms with Crippen molar-refractivity contribution in [3.63, 3.8) is 0 Å². The fourth-order valence-corrected chi connectivity index (χ4v) is 4.56. The van der Waals surface area contributed by atoms with Crippen LogP contribution in [0.15, 0.2) is 40.9 Å². The van der Waals surface area contributed by atoms with E-state index in [0.717, 1.165) is 0 Å². The summed E-state index contributed by atoms with van der Waals surface area (Å²) >= 11 is 5.88. The number of pyridine rings is 1. The van der Waals surface area contributed by atoms with Crippen LogP contribution in [0.2, 0.25) is 5.02 Å². The number of fused-ring (bicyclic) bond motifs is 1. The Balaban J connectivity index is 1.53. The largest absolute Gasteiger partial charge is 0.465 e. The Hall–Kier alpha value is -4.12. The van der Waals surface area contributed by atoms with Crippen LogP contribution in [-0.2, 0) is 14.3 Å². The van der Waals surface area contributed by atoms with Crippen molar-refractivity contribution in [2.24, 2.45) is 5.92 Å². The smallest absolute Gasteiger partial charge is 0.407 e. The number of ether oxygens (including phenoxy) is 2. The van der Waals surface area contributed by atoms with E-state index in [1.54, 1.807) is 26.8 Å². The van der Waals surface area contributed by atoms with Crippen LogP contribution < -0.4 is 16.0 Å².